The molecular formula is C24H25ClN4O4. The van der Waals surface area contributed by atoms with E-state index in [0.717, 1.165) is 24.9 Å². The van der Waals surface area contributed by atoms with E-state index in [1.165, 1.54) is 0 Å². The summed E-state index contributed by atoms with van der Waals surface area (Å²) in [5.41, 5.74) is 1.82. The van der Waals surface area contributed by atoms with Crippen molar-refractivity contribution < 1.29 is 18.8 Å². The molecule has 2 aromatic carbocycles. The van der Waals surface area contributed by atoms with Gasteiger partial charge >= 0.3 is 5.97 Å². The molecule has 2 heterocycles. The molecule has 1 unspecified atom stereocenters. The number of carbonyl (C=O) groups excluding carboxylic acids is 2. The third-order valence-electron chi connectivity index (χ3n) is 5.48. The monoisotopic (exact) mass is 468 g/mol. The minimum absolute atomic E-state index is 0.0501. The van der Waals surface area contributed by atoms with Crippen molar-refractivity contribution >= 4 is 29.2 Å². The first kappa shape index (κ1) is 22.9. The summed E-state index contributed by atoms with van der Waals surface area (Å²) < 4.78 is 10.4. The summed E-state index contributed by atoms with van der Waals surface area (Å²) in [6.07, 6.45) is 1.70. The first-order chi connectivity index (χ1) is 16.0. The molecule has 1 N–H and O–H groups in total. The second-order valence-electron chi connectivity index (χ2n) is 7.85. The Balaban J connectivity index is 1.33. The number of piperidine rings is 1. The Morgan fingerprint density at radius 3 is 2.76 bits per heavy atom. The summed E-state index contributed by atoms with van der Waals surface area (Å²) in [4.78, 5) is 31.2. The van der Waals surface area contributed by atoms with Gasteiger partial charge in [-0.1, -0.05) is 28.9 Å². The fourth-order valence-electron chi connectivity index (χ4n) is 3.82. The van der Waals surface area contributed by atoms with Crippen molar-refractivity contribution in [3.05, 3.63) is 65.0 Å². The maximum Gasteiger partial charge on any atom is 0.338 e. The van der Waals surface area contributed by atoms with Gasteiger partial charge in [0.2, 0.25) is 17.6 Å². The number of hydrogen-bond acceptors (Lipinski definition) is 7. The second-order valence-corrected chi connectivity index (χ2v) is 8.26. The van der Waals surface area contributed by atoms with Gasteiger partial charge in [0.25, 0.3) is 0 Å². The van der Waals surface area contributed by atoms with Crippen molar-refractivity contribution in [3.63, 3.8) is 0 Å². The molecule has 1 aliphatic heterocycles. The van der Waals surface area contributed by atoms with Crippen molar-refractivity contribution in [1.29, 1.82) is 0 Å². The third-order valence-corrected chi connectivity index (χ3v) is 5.81. The van der Waals surface area contributed by atoms with Crippen molar-refractivity contribution in [2.24, 2.45) is 5.92 Å². The topological polar surface area (TPSA) is 97.6 Å². The van der Waals surface area contributed by atoms with Crippen LogP contribution < -0.4 is 5.32 Å². The SMILES string of the molecule is CCOC(=O)c1ccc(NC(=O)C2CCCN(Cc3nc(-c4ccccc4Cl)no3)C2)cc1. The van der Waals surface area contributed by atoms with Gasteiger partial charge in [-0.15, -0.1) is 0 Å². The Morgan fingerprint density at radius 2 is 2.00 bits per heavy atom. The molecule has 1 amide bonds. The number of hydrogen-bond donors (Lipinski definition) is 1. The summed E-state index contributed by atoms with van der Waals surface area (Å²) in [6, 6.07) is 14.1. The zero-order valence-corrected chi connectivity index (χ0v) is 19.0. The average Bonchev–Trinajstić information content (AvgIpc) is 3.28. The van der Waals surface area contributed by atoms with Crippen LogP contribution in [0.1, 0.15) is 36.0 Å². The highest BCUT2D eigenvalue weighted by atomic mass is 35.5. The number of anilines is 1. The van der Waals surface area contributed by atoms with Crippen LogP contribution in [0.5, 0.6) is 0 Å². The third kappa shape index (κ3) is 5.77. The summed E-state index contributed by atoms with van der Waals surface area (Å²) in [5, 5.41) is 7.55. The van der Waals surface area contributed by atoms with E-state index >= 15 is 0 Å². The van der Waals surface area contributed by atoms with Gasteiger partial charge in [-0.05, 0) is 62.7 Å². The molecule has 9 heteroatoms. The van der Waals surface area contributed by atoms with Gasteiger partial charge in [0.05, 0.1) is 29.7 Å². The molecule has 0 saturated carbocycles. The van der Waals surface area contributed by atoms with Gasteiger partial charge in [-0.3, -0.25) is 9.69 Å². The number of carbonyl (C=O) groups is 2. The van der Waals surface area contributed by atoms with Crippen LogP contribution in [0.15, 0.2) is 53.1 Å². The molecule has 172 valence electrons. The lowest BCUT2D eigenvalue weighted by atomic mass is 9.97. The first-order valence-electron chi connectivity index (χ1n) is 10.9. The number of rotatable bonds is 7. The molecule has 1 atom stereocenters. The lowest BCUT2D eigenvalue weighted by Crippen LogP contribution is -2.40. The average molecular weight is 469 g/mol. The molecule has 33 heavy (non-hydrogen) atoms. The van der Waals surface area contributed by atoms with Crippen molar-refractivity contribution in [1.82, 2.24) is 15.0 Å². The molecular weight excluding hydrogens is 444 g/mol. The van der Waals surface area contributed by atoms with Crippen LogP contribution >= 0.6 is 11.6 Å². The summed E-state index contributed by atoms with van der Waals surface area (Å²) in [6.45, 7) is 3.99. The highest BCUT2D eigenvalue weighted by Gasteiger charge is 2.27. The summed E-state index contributed by atoms with van der Waals surface area (Å²) in [5.74, 6) is 0.353. The zero-order valence-electron chi connectivity index (χ0n) is 18.3. The quantitative estimate of drug-likeness (QED) is 0.512. The maximum absolute atomic E-state index is 12.8. The van der Waals surface area contributed by atoms with E-state index in [-0.39, 0.29) is 17.8 Å². The number of ether oxygens (including phenoxy) is 1. The van der Waals surface area contributed by atoms with Crippen LogP contribution in [-0.4, -0.2) is 46.6 Å². The van der Waals surface area contributed by atoms with E-state index in [9.17, 15) is 9.59 Å². The fraction of sp³-hybridized carbons (Fsp3) is 0.333. The Morgan fingerprint density at radius 1 is 1.21 bits per heavy atom. The van der Waals surface area contributed by atoms with E-state index < -0.39 is 0 Å². The molecule has 0 bridgehead atoms. The van der Waals surface area contributed by atoms with Gasteiger partial charge in [0, 0.05) is 17.8 Å². The Hall–Kier alpha value is -3.23. The number of amides is 1. The molecule has 0 spiro atoms. The van der Waals surface area contributed by atoms with Gasteiger partial charge in [-0.2, -0.15) is 4.98 Å². The van der Waals surface area contributed by atoms with Crippen LogP contribution in [0.4, 0.5) is 5.69 Å². The molecule has 1 saturated heterocycles. The summed E-state index contributed by atoms with van der Waals surface area (Å²) >= 11 is 6.22. The van der Waals surface area contributed by atoms with Gasteiger partial charge in [0.1, 0.15) is 0 Å². The molecule has 0 aliphatic carbocycles. The van der Waals surface area contributed by atoms with Crippen LogP contribution in [-0.2, 0) is 16.1 Å². The predicted octanol–water partition coefficient (Wildman–Crippen LogP) is 4.42. The highest BCUT2D eigenvalue weighted by Crippen LogP contribution is 2.26. The fourth-order valence-corrected chi connectivity index (χ4v) is 4.04. The van der Waals surface area contributed by atoms with Crippen molar-refractivity contribution in [2.75, 3.05) is 25.0 Å². The second kappa shape index (κ2) is 10.6. The Bertz CT molecular complexity index is 1120. The zero-order chi connectivity index (χ0) is 23.2. The molecule has 3 aromatic rings. The van der Waals surface area contributed by atoms with E-state index in [2.05, 4.69) is 20.4 Å². The Kier molecular flexibility index (Phi) is 7.36. The molecule has 0 radical (unpaired) electrons. The molecule has 4 rings (SSSR count). The van der Waals surface area contributed by atoms with Crippen LogP contribution in [0, 0.1) is 5.92 Å². The number of nitrogens with one attached hydrogen (secondary N) is 1. The van der Waals surface area contributed by atoms with Crippen LogP contribution in [0.25, 0.3) is 11.4 Å². The number of esters is 1. The van der Waals surface area contributed by atoms with Gasteiger partial charge < -0.3 is 14.6 Å². The predicted molar refractivity (Wildman–Crippen MR) is 124 cm³/mol. The van der Waals surface area contributed by atoms with Crippen molar-refractivity contribution in [3.8, 4) is 11.4 Å². The number of benzene rings is 2. The number of aromatic nitrogens is 2. The van der Waals surface area contributed by atoms with E-state index in [1.807, 2.05) is 18.2 Å². The van der Waals surface area contributed by atoms with Gasteiger partial charge in [0.15, 0.2) is 0 Å². The van der Waals surface area contributed by atoms with Gasteiger partial charge in [-0.25, -0.2) is 4.79 Å². The highest BCUT2D eigenvalue weighted by molar-refractivity contribution is 6.33. The number of halogens is 1. The molecule has 8 nitrogen and oxygen atoms in total. The lowest BCUT2D eigenvalue weighted by Gasteiger charge is -2.30. The van der Waals surface area contributed by atoms with E-state index in [1.54, 1.807) is 37.3 Å². The van der Waals surface area contributed by atoms with E-state index in [0.29, 0.717) is 47.7 Å². The standard InChI is InChI=1S/C24H25ClN4O4/c1-2-32-24(31)16-9-11-18(12-10-16)26-23(30)17-6-5-13-29(14-17)15-21-27-22(28-33-21)19-7-3-4-8-20(19)25/h3-4,7-12,17H,2,5-6,13-15H2,1H3,(H,26,30). The lowest BCUT2D eigenvalue weighted by molar-refractivity contribution is -0.121. The number of nitrogens with zero attached hydrogens (tertiary/aromatic N) is 3. The minimum Gasteiger partial charge on any atom is -0.462 e. The molecule has 1 aliphatic rings. The molecule has 1 fully saturated rings. The number of likely N-dealkylation sites (tertiary alicyclic amines) is 1. The Labute approximate surface area is 196 Å². The van der Waals surface area contributed by atoms with Crippen LogP contribution in [0.2, 0.25) is 5.02 Å². The summed E-state index contributed by atoms with van der Waals surface area (Å²) in [7, 11) is 0. The van der Waals surface area contributed by atoms with Crippen molar-refractivity contribution in [2.45, 2.75) is 26.3 Å². The first-order valence-corrected chi connectivity index (χ1v) is 11.3. The van der Waals surface area contributed by atoms with Crippen LogP contribution in [0.3, 0.4) is 0 Å². The normalized spacial score (nSPS) is 16.4. The van der Waals surface area contributed by atoms with E-state index in [4.69, 9.17) is 20.9 Å². The molecule has 1 aromatic heterocycles. The smallest absolute Gasteiger partial charge is 0.338 e. The maximum atomic E-state index is 12.8. The largest absolute Gasteiger partial charge is 0.462 e. The minimum atomic E-state index is -0.378.